The fourth-order valence-electron chi connectivity index (χ4n) is 10.3. The lowest BCUT2D eigenvalue weighted by Crippen LogP contribution is -2.39. The van der Waals surface area contributed by atoms with Crippen molar-refractivity contribution in [2.45, 2.75) is 207 Å². The number of nitrogens with one attached hydrogen (secondary N) is 4. The molecule has 2 fully saturated rings. The summed E-state index contributed by atoms with van der Waals surface area (Å²) in [4.78, 5) is 58.7. The highest BCUT2D eigenvalue weighted by Gasteiger charge is 2.38. The third-order valence-corrected chi connectivity index (χ3v) is 14.3. The number of amides is 4. The fourth-order valence-corrected chi connectivity index (χ4v) is 10.3. The lowest BCUT2D eigenvalue weighted by atomic mass is 9.95. The SMILES string of the molecule is CCCCCCCCCCCCCC(=O)Nc1ccc(N2CCC(C3CCCN3c3ccc(NC(=O)CCCCCCCCCCCCC)cc3C(=O)NCCOC)C2)c(C(=O)NCCCOCC)c1. The maximum atomic E-state index is 13.9. The second kappa shape index (κ2) is 35.9. The molecule has 0 radical (unpaired) electrons. The van der Waals surface area contributed by atoms with Crippen molar-refractivity contribution in [2.75, 3.05) is 80.1 Å². The minimum atomic E-state index is -0.185. The number of nitrogens with zero attached hydrogens (tertiary/aromatic N) is 2. The third kappa shape index (κ3) is 22.1. The van der Waals surface area contributed by atoms with Gasteiger partial charge in [0.25, 0.3) is 11.8 Å². The zero-order valence-electron chi connectivity index (χ0n) is 44.4. The summed E-state index contributed by atoms with van der Waals surface area (Å²) < 4.78 is 10.8. The van der Waals surface area contributed by atoms with Crippen LogP contribution in [0, 0.1) is 5.92 Å². The Bertz CT molecular complexity index is 1790. The first kappa shape index (κ1) is 58.4. The molecule has 0 saturated carbocycles. The zero-order chi connectivity index (χ0) is 50.0. The van der Waals surface area contributed by atoms with Crippen LogP contribution in [0.25, 0.3) is 0 Å². The van der Waals surface area contributed by atoms with Crippen molar-refractivity contribution in [1.29, 1.82) is 0 Å². The second-order valence-electron chi connectivity index (χ2n) is 20.1. The van der Waals surface area contributed by atoms with Crippen LogP contribution in [-0.2, 0) is 19.1 Å². The molecule has 0 spiro atoms. The van der Waals surface area contributed by atoms with Gasteiger partial charge in [0.15, 0.2) is 0 Å². The fraction of sp³-hybridized carbons (Fsp3) is 0.724. The molecule has 70 heavy (non-hydrogen) atoms. The van der Waals surface area contributed by atoms with E-state index in [0.717, 1.165) is 88.8 Å². The third-order valence-electron chi connectivity index (χ3n) is 14.3. The minimum absolute atomic E-state index is 0.0175. The Labute approximate surface area is 424 Å². The van der Waals surface area contributed by atoms with Crippen molar-refractivity contribution in [3.8, 4) is 0 Å². The molecule has 2 unspecified atom stereocenters. The number of hydrogen-bond acceptors (Lipinski definition) is 8. The van der Waals surface area contributed by atoms with E-state index in [2.05, 4.69) is 44.9 Å². The van der Waals surface area contributed by atoms with Crippen LogP contribution in [-0.4, -0.2) is 89.3 Å². The molecule has 0 bridgehead atoms. The molecule has 2 aromatic carbocycles. The van der Waals surface area contributed by atoms with Crippen molar-refractivity contribution < 1.29 is 28.7 Å². The predicted molar refractivity (Wildman–Crippen MR) is 291 cm³/mol. The van der Waals surface area contributed by atoms with Crippen molar-refractivity contribution in [3.63, 3.8) is 0 Å². The molecule has 12 heteroatoms. The van der Waals surface area contributed by atoms with E-state index in [0.29, 0.717) is 80.6 Å². The number of anilines is 4. The van der Waals surface area contributed by atoms with Crippen LogP contribution in [0.15, 0.2) is 36.4 Å². The van der Waals surface area contributed by atoms with Crippen LogP contribution in [0.2, 0.25) is 0 Å². The summed E-state index contributed by atoms with van der Waals surface area (Å²) in [7, 11) is 1.62. The van der Waals surface area contributed by atoms with Gasteiger partial charge in [-0.1, -0.05) is 142 Å². The summed E-state index contributed by atoms with van der Waals surface area (Å²) >= 11 is 0. The van der Waals surface area contributed by atoms with Gasteiger partial charge in [0.1, 0.15) is 0 Å². The predicted octanol–water partition coefficient (Wildman–Crippen LogP) is 13.0. The Morgan fingerprint density at radius 3 is 1.56 bits per heavy atom. The molecule has 4 N–H and O–H groups in total. The maximum Gasteiger partial charge on any atom is 0.253 e. The van der Waals surface area contributed by atoms with Crippen LogP contribution in [0.4, 0.5) is 22.7 Å². The number of rotatable bonds is 39. The molecule has 4 rings (SSSR count). The van der Waals surface area contributed by atoms with Crippen LogP contribution < -0.4 is 31.1 Å². The molecule has 12 nitrogen and oxygen atoms in total. The highest BCUT2D eigenvalue weighted by molar-refractivity contribution is 6.03. The van der Waals surface area contributed by atoms with Gasteiger partial charge in [-0.05, 0) is 87.8 Å². The first-order valence-corrected chi connectivity index (χ1v) is 28.3. The standard InChI is InChI=1S/C58H96N6O6/c1-5-8-10-12-14-16-18-20-22-24-26-31-55(65)61-48-33-35-53(50(44-48)57(67)59-38-29-42-70-7-3)63-41-37-47(46-63)52-30-28-40-64(52)54-36-34-49(45-51(54)58(68)60-39-43-69-4)62-56(66)32-27-25-23-21-19-17-15-13-11-9-6-2/h33-36,44-45,47,52H,5-32,37-43,46H2,1-4H3,(H,59,67)(H,60,68)(H,61,65)(H,62,66). The summed E-state index contributed by atoms with van der Waals surface area (Å²) in [6, 6.07) is 11.7. The van der Waals surface area contributed by atoms with Gasteiger partial charge in [0.2, 0.25) is 11.8 Å². The van der Waals surface area contributed by atoms with Crippen molar-refractivity contribution in [2.24, 2.45) is 5.92 Å². The minimum Gasteiger partial charge on any atom is -0.383 e. The van der Waals surface area contributed by atoms with Gasteiger partial charge in [0, 0.05) is 94.7 Å². The van der Waals surface area contributed by atoms with Gasteiger partial charge >= 0.3 is 0 Å². The Morgan fingerprint density at radius 2 is 1.04 bits per heavy atom. The number of ether oxygens (including phenoxy) is 2. The molecule has 2 heterocycles. The van der Waals surface area contributed by atoms with Gasteiger partial charge in [-0.3, -0.25) is 19.2 Å². The monoisotopic (exact) mass is 973 g/mol. The topological polar surface area (TPSA) is 141 Å². The Kier molecular flexibility index (Phi) is 29.9. The number of methoxy groups -OCH3 is 1. The summed E-state index contributed by atoms with van der Waals surface area (Å²) in [5.74, 6) is -0.0856. The molecule has 2 saturated heterocycles. The lowest BCUT2D eigenvalue weighted by molar-refractivity contribution is -0.117. The van der Waals surface area contributed by atoms with Gasteiger partial charge < -0.3 is 40.5 Å². The molecule has 0 aliphatic carbocycles. The van der Waals surface area contributed by atoms with Gasteiger partial charge in [-0.25, -0.2) is 0 Å². The van der Waals surface area contributed by atoms with Crippen molar-refractivity contribution in [3.05, 3.63) is 47.5 Å². The highest BCUT2D eigenvalue weighted by atomic mass is 16.5. The molecular formula is C58H96N6O6. The molecule has 394 valence electrons. The second-order valence-corrected chi connectivity index (χ2v) is 20.1. The van der Waals surface area contributed by atoms with Crippen LogP contribution in [0.5, 0.6) is 0 Å². The van der Waals surface area contributed by atoms with E-state index >= 15 is 0 Å². The quantitative estimate of drug-likeness (QED) is 0.0485. The van der Waals surface area contributed by atoms with E-state index in [1.165, 1.54) is 103 Å². The zero-order valence-corrected chi connectivity index (χ0v) is 44.4. The van der Waals surface area contributed by atoms with E-state index in [1.807, 2.05) is 43.3 Å². The smallest absolute Gasteiger partial charge is 0.253 e. The van der Waals surface area contributed by atoms with E-state index in [1.54, 1.807) is 7.11 Å². The first-order valence-electron chi connectivity index (χ1n) is 28.3. The van der Waals surface area contributed by atoms with Gasteiger partial charge in [-0.15, -0.1) is 0 Å². The molecule has 2 atom stereocenters. The van der Waals surface area contributed by atoms with Crippen molar-refractivity contribution in [1.82, 2.24) is 10.6 Å². The average molecular weight is 973 g/mol. The van der Waals surface area contributed by atoms with E-state index in [4.69, 9.17) is 9.47 Å². The summed E-state index contributed by atoms with van der Waals surface area (Å²) in [6.07, 6.45) is 31.7. The van der Waals surface area contributed by atoms with E-state index in [-0.39, 0.29) is 29.7 Å². The number of hydrogen-bond donors (Lipinski definition) is 4. The van der Waals surface area contributed by atoms with Crippen LogP contribution in [0.3, 0.4) is 0 Å². The van der Waals surface area contributed by atoms with Crippen LogP contribution >= 0.6 is 0 Å². The Morgan fingerprint density at radius 1 is 0.557 bits per heavy atom. The molecule has 2 aromatic rings. The van der Waals surface area contributed by atoms with E-state index < -0.39 is 0 Å². The largest absolute Gasteiger partial charge is 0.383 e. The lowest BCUT2D eigenvalue weighted by Gasteiger charge is -2.33. The van der Waals surface area contributed by atoms with Gasteiger partial charge in [0.05, 0.1) is 17.7 Å². The Hall–Kier alpha value is -4.16. The maximum absolute atomic E-state index is 13.9. The summed E-state index contributed by atoms with van der Waals surface area (Å²) in [6.45, 7) is 11.4. The number of carbonyl (C=O) groups is 4. The normalized spacial score (nSPS) is 15.7. The Balaban J connectivity index is 1.37. The first-order chi connectivity index (χ1) is 34.3. The number of unbranched alkanes of at least 4 members (excludes halogenated alkanes) is 20. The number of benzene rings is 2. The molecule has 2 aliphatic rings. The molecule has 2 aliphatic heterocycles. The molecular weight excluding hydrogens is 877 g/mol. The summed E-state index contributed by atoms with van der Waals surface area (Å²) in [5.41, 5.74) is 4.12. The molecule has 4 amide bonds. The number of carbonyl (C=O) groups excluding carboxylic acids is 4. The molecule has 0 aromatic heterocycles. The van der Waals surface area contributed by atoms with Crippen molar-refractivity contribution >= 4 is 46.4 Å². The highest BCUT2D eigenvalue weighted by Crippen LogP contribution is 2.39. The summed E-state index contributed by atoms with van der Waals surface area (Å²) in [5, 5.41) is 12.3. The van der Waals surface area contributed by atoms with Gasteiger partial charge in [-0.2, -0.15) is 0 Å². The average Bonchev–Trinajstić information content (AvgIpc) is 4.06. The van der Waals surface area contributed by atoms with E-state index in [9.17, 15) is 19.2 Å². The van der Waals surface area contributed by atoms with Crippen LogP contribution in [0.1, 0.15) is 221 Å².